The van der Waals surface area contributed by atoms with Crippen LogP contribution in [0.2, 0.25) is 0 Å². The van der Waals surface area contributed by atoms with Gasteiger partial charge in [0.15, 0.2) is 17.3 Å². The maximum Gasteiger partial charge on any atom is 0.267 e. The Morgan fingerprint density at radius 2 is 1.54 bits per heavy atom. The van der Waals surface area contributed by atoms with Crippen molar-refractivity contribution in [1.82, 2.24) is 0 Å². The van der Waals surface area contributed by atoms with E-state index in [0.29, 0.717) is 36.0 Å². The summed E-state index contributed by atoms with van der Waals surface area (Å²) in [5, 5.41) is 0. The normalized spacial score (nSPS) is 16.8. The van der Waals surface area contributed by atoms with Gasteiger partial charge in [0.25, 0.3) is 10.1 Å². The number of hydrogen-bond acceptors (Lipinski definition) is 8. The SMILES string of the molecule is COc1cc(C2(CCS(=O)(=O)OC)OCCO2)cc(OC)c1OC. The maximum absolute atomic E-state index is 11.7. The van der Waals surface area contributed by atoms with Crippen LogP contribution in [0.15, 0.2) is 12.1 Å². The Labute approximate surface area is 141 Å². The first-order valence-electron chi connectivity index (χ1n) is 7.28. The summed E-state index contributed by atoms with van der Waals surface area (Å²) in [6.45, 7) is 0.702. The fraction of sp³-hybridized carbons (Fsp3) is 0.600. The van der Waals surface area contributed by atoms with Gasteiger partial charge in [-0.1, -0.05) is 0 Å². The predicted octanol–water partition coefficient (Wildman–Crippen LogP) is 1.28. The second-order valence-electron chi connectivity index (χ2n) is 5.04. The van der Waals surface area contributed by atoms with Gasteiger partial charge in [0.1, 0.15) is 0 Å². The molecular formula is C15H22O8S. The van der Waals surface area contributed by atoms with Gasteiger partial charge in [-0.05, 0) is 12.1 Å². The molecule has 1 aliphatic heterocycles. The fourth-order valence-corrected chi connectivity index (χ4v) is 3.24. The van der Waals surface area contributed by atoms with Crippen LogP contribution in [0.5, 0.6) is 17.2 Å². The van der Waals surface area contributed by atoms with Crippen LogP contribution in [0.25, 0.3) is 0 Å². The highest BCUT2D eigenvalue weighted by atomic mass is 32.2. The van der Waals surface area contributed by atoms with Crippen molar-refractivity contribution in [3.63, 3.8) is 0 Å². The van der Waals surface area contributed by atoms with Gasteiger partial charge in [-0.3, -0.25) is 4.18 Å². The van der Waals surface area contributed by atoms with Crippen molar-refractivity contribution in [2.75, 3.05) is 47.4 Å². The summed E-state index contributed by atoms with van der Waals surface area (Å²) >= 11 is 0. The third-order valence-electron chi connectivity index (χ3n) is 3.79. The molecule has 1 aromatic rings. The van der Waals surface area contributed by atoms with Crippen molar-refractivity contribution in [3.8, 4) is 17.2 Å². The topological polar surface area (TPSA) is 89.5 Å². The minimum Gasteiger partial charge on any atom is -0.493 e. The van der Waals surface area contributed by atoms with E-state index < -0.39 is 15.9 Å². The van der Waals surface area contributed by atoms with Gasteiger partial charge in [-0.2, -0.15) is 8.42 Å². The number of hydrogen-bond donors (Lipinski definition) is 0. The predicted molar refractivity (Wildman–Crippen MR) is 85.1 cm³/mol. The molecule has 24 heavy (non-hydrogen) atoms. The molecule has 1 fully saturated rings. The quantitative estimate of drug-likeness (QED) is 0.639. The van der Waals surface area contributed by atoms with Crippen molar-refractivity contribution >= 4 is 10.1 Å². The molecule has 0 amide bonds. The van der Waals surface area contributed by atoms with Crippen LogP contribution in [-0.4, -0.2) is 55.8 Å². The molecule has 0 spiro atoms. The highest BCUT2D eigenvalue weighted by molar-refractivity contribution is 7.86. The van der Waals surface area contributed by atoms with E-state index in [2.05, 4.69) is 4.18 Å². The second kappa shape index (κ2) is 7.56. The molecule has 9 heteroatoms. The lowest BCUT2D eigenvalue weighted by atomic mass is 10.0. The Morgan fingerprint density at radius 1 is 1.00 bits per heavy atom. The summed E-state index contributed by atoms with van der Waals surface area (Å²) in [6.07, 6.45) is 0.0712. The molecule has 8 nitrogen and oxygen atoms in total. The van der Waals surface area contributed by atoms with Crippen molar-refractivity contribution in [2.24, 2.45) is 0 Å². The molecule has 0 atom stereocenters. The van der Waals surface area contributed by atoms with E-state index in [0.717, 1.165) is 7.11 Å². The molecule has 1 aliphatic rings. The Kier molecular flexibility index (Phi) is 5.92. The summed E-state index contributed by atoms with van der Waals surface area (Å²) in [5.74, 6) is -0.167. The molecule has 0 saturated carbocycles. The maximum atomic E-state index is 11.7. The van der Waals surface area contributed by atoms with Crippen molar-refractivity contribution in [3.05, 3.63) is 17.7 Å². The van der Waals surface area contributed by atoms with Crippen LogP contribution in [0.4, 0.5) is 0 Å². The molecule has 136 valence electrons. The van der Waals surface area contributed by atoms with E-state index in [4.69, 9.17) is 23.7 Å². The van der Waals surface area contributed by atoms with Crippen LogP contribution in [0.3, 0.4) is 0 Å². The van der Waals surface area contributed by atoms with Gasteiger partial charge in [0, 0.05) is 12.0 Å². The molecule has 0 aliphatic carbocycles. The van der Waals surface area contributed by atoms with Gasteiger partial charge in [-0.15, -0.1) is 0 Å². The highest BCUT2D eigenvalue weighted by Gasteiger charge is 2.41. The van der Waals surface area contributed by atoms with E-state index in [9.17, 15) is 8.42 Å². The molecular weight excluding hydrogens is 340 g/mol. The Bertz CT molecular complexity index is 639. The van der Waals surface area contributed by atoms with E-state index >= 15 is 0 Å². The van der Waals surface area contributed by atoms with E-state index in [1.165, 1.54) is 21.3 Å². The summed E-state index contributed by atoms with van der Waals surface area (Å²) in [7, 11) is 1.98. The van der Waals surface area contributed by atoms with Crippen LogP contribution in [0, 0.1) is 0 Å². The van der Waals surface area contributed by atoms with Gasteiger partial charge in [-0.25, -0.2) is 0 Å². The van der Waals surface area contributed by atoms with Gasteiger partial charge in [0.05, 0.1) is 47.4 Å². The lowest BCUT2D eigenvalue weighted by Gasteiger charge is -2.28. The highest BCUT2D eigenvalue weighted by Crippen LogP contribution is 2.44. The van der Waals surface area contributed by atoms with Gasteiger partial charge >= 0.3 is 0 Å². The minimum atomic E-state index is -3.64. The van der Waals surface area contributed by atoms with Crippen LogP contribution in [-0.2, 0) is 29.6 Å². The van der Waals surface area contributed by atoms with Crippen LogP contribution < -0.4 is 14.2 Å². The lowest BCUT2D eigenvalue weighted by molar-refractivity contribution is -0.167. The van der Waals surface area contributed by atoms with Crippen LogP contribution >= 0.6 is 0 Å². The zero-order valence-electron chi connectivity index (χ0n) is 14.2. The summed E-state index contributed by atoms with van der Waals surface area (Å²) in [5.41, 5.74) is 0.584. The first-order valence-corrected chi connectivity index (χ1v) is 8.86. The third-order valence-corrected chi connectivity index (χ3v) is 5.01. The number of ether oxygens (including phenoxy) is 5. The van der Waals surface area contributed by atoms with Gasteiger partial charge < -0.3 is 23.7 Å². The standard InChI is InChI=1S/C15H22O8S/c1-18-12-9-11(10-13(19-2)14(12)20-3)15(22-6-7-23-15)5-8-24(16,17)21-4/h9-10H,5-8H2,1-4H3. The summed E-state index contributed by atoms with van der Waals surface area (Å²) in [6, 6.07) is 3.37. The average Bonchev–Trinajstić information content (AvgIpc) is 3.09. The molecule has 0 aromatic heterocycles. The van der Waals surface area contributed by atoms with Crippen molar-refractivity contribution in [1.29, 1.82) is 0 Å². The van der Waals surface area contributed by atoms with Crippen LogP contribution in [0.1, 0.15) is 12.0 Å². The first-order chi connectivity index (χ1) is 11.4. The third kappa shape index (κ3) is 3.75. The number of methoxy groups -OCH3 is 3. The molecule has 1 saturated heterocycles. The number of benzene rings is 1. The first kappa shape index (κ1) is 18.8. The fourth-order valence-electron chi connectivity index (χ4n) is 2.55. The molecule has 2 rings (SSSR count). The zero-order chi connectivity index (χ0) is 17.8. The Hall–Kier alpha value is -1.55. The van der Waals surface area contributed by atoms with E-state index in [-0.39, 0.29) is 12.2 Å². The summed E-state index contributed by atoms with van der Waals surface area (Å²) < 4.78 is 55.3. The second-order valence-corrected chi connectivity index (χ2v) is 6.90. The zero-order valence-corrected chi connectivity index (χ0v) is 15.0. The lowest BCUT2D eigenvalue weighted by Crippen LogP contribution is -2.30. The molecule has 0 bridgehead atoms. The smallest absolute Gasteiger partial charge is 0.267 e. The van der Waals surface area contributed by atoms with Gasteiger partial charge in [0.2, 0.25) is 5.75 Å². The van der Waals surface area contributed by atoms with E-state index in [1.807, 2.05) is 0 Å². The number of rotatable bonds is 8. The van der Waals surface area contributed by atoms with Crippen molar-refractivity contribution < 1.29 is 36.3 Å². The Balaban J connectivity index is 2.44. The minimum absolute atomic E-state index is 0.0712. The molecule has 1 aromatic carbocycles. The van der Waals surface area contributed by atoms with Crippen molar-refractivity contribution in [2.45, 2.75) is 12.2 Å². The molecule has 0 radical (unpaired) electrons. The average molecular weight is 362 g/mol. The molecule has 0 unspecified atom stereocenters. The van der Waals surface area contributed by atoms with E-state index in [1.54, 1.807) is 12.1 Å². The Morgan fingerprint density at radius 3 is 1.96 bits per heavy atom. The molecule has 0 N–H and O–H groups in total. The monoisotopic (exact) mass is 362 g/mol. The molecule has 1 heterocycles. The largest absolute Gasteiger partial charge is 0.493 e. The summed E-state index contributed by atoms with van der Waals surface area (Å²) in [4.78, 5) is 0.